The first-order chi connectivity index (χ1) is 23.6. The van der Waals surface area contributed by atoms with Crippen LogP contribution in [0.25, 0.3) is 5.70 Å². The fourth-order valence-corrected chi connectivity index (χ4v) is 7.30. The number of aliphatic hydroxyl groups excluding tert-OH is 1. The molecule has 4 aliphatic rings. The zero-order chi connectivity index (χ0) is 32.6. The number of imidazole rings is 1. The quantitative estimate of drug-likeness (QED) is 0.245. The predicted molar refractivity (Wildman–Crippen MR) is 182 cm³/mol. The summed E-state index contributed by atoms with van der Waals surface area (Å²) in [5, 5.41) is 10.6. The average Bonchev–Trinajstić information content (AvgIpc) is 3.77. The highest BCUT2D eigenvalue weighted by atomic mass is 16.5. The van der Waals surface area contributed by atoms with Gasteiger partial charge in [0.1, 0.15) is 17.2 Å². The van der Waals surface area contributed by atoms with E-state index >= 15 is 0 Å². The van der Waals surface area contributed by atoms with Crippen LogP contribution in [0, 0.1) is 0 Å². The zero-order valence-corrected chi connectivity index (χ0v) is 26.9. The Balaban J connectivity index is 1.05. The number of aromatic nitrogens is 5. The van der Waals surface area contributed by atoms with E-state index < -0.39 is 0 Å². The van der Waals surface area contributed by atoms with Crippen LogP contribution in [-0.2, 0) is 30.7 Å². The van der Waals surface area contributed by atoms with Gasteiger partial charge in [-0.1, -0.05) is 0 Å². The Kier molecular flexibility index (Phi) is 8.24. The number of hydrogen-bond acceptors (Lipinski definition) is 10. The van der Waals surface area contributed by atoms with Gasteiger partial charge in [0, 0.05) is 80.4 Å². The number of nitrogens with two attached hydrogens (primary N) is 1. The van der Waals surface area contributed by atoms with Gasteiger partial charge in [0.25, 0.3) is 5.91 Å². The van der Waals surface area contributed by atoms with Crippen LogP contribution >= 0.6 is 0 Å². The third-order valence-electron chi connectivity index (χ3n) is 9.99. The van der Waals surface area contributed by atoms with Gasteiger partial charge < -0.3 is 30.0 Å². The van der Waals surface area contributed by atoms with Crippen molar-refractivity contribution < 1.29 is 14.6 Å². The Bertz CT molecular complexity index is 1850. The van der Waals surface area contributed by atoms with Crippen molar-refractivity contribution in [3.8, 4) is 0 Å². The minimum atomic E-state index is -0.340. The number of rotatable bonds is 8. The van der Waals surface area contributed by atoms with Crippen LogP contribution in [0.5, 0.6) is 0 Å². The molecule has 0 unspecified atom stereocenters. The van der Waals surface area contributed by atoms with Crippen molar-refractivity contribution in [2.45, 2.75) is 44.9 Å². The van der Waals surface area contributed by atoms with Crippen LogP contribution in [0.2, 0.25) is 0 Å². The smallest absolute Gasteiger partial charge is 0.276 e. The van der Waals surface area contributed by atoms with Crippen LogP contribution in [0.3, 0.4) is 0 Å². The van der Waals surface area contributed by atoms with Crippen molar-refractivity contribution in [3.05, 3.63) is 89.0 Å². The number of carbonyl (C=O) groups is 1. The molecule has 4 aromatic heterocycles. The number of aryl methyl sites for hydroxylation is 1. The third kappa shape index (κ3) is 5.67. The summed E-state index contributed by atoms with van der Waals surface area (Å²) in [6.45, 7) is 6.38. The molecule has 0 radical (unpaired) electrons. The summed E-state index contributed by atoms with van der Waals surface area (Å²) >= 11 is 0. The van der Waals surface area contributed by atoms with E-state index in [0.717, 1.165) is 70.8 Å². The number of allylic oxidation sites excluding steroid dienone is 1. The van der Waals surface area contributed by atoms with E-state index in [4.69, 9.17) is 15.5 Å². The molecule has 7 heterocycles. The summed E-state index contributed by atoms with van der Waals surface area (Å²) in [7, 11) is 0. The monoisotopic (exact) mass is 648 g/mol. The number of aliphatic imine (C=N–C) groups is 1. The van der Waals surface area contributed by atoms with E-state index in [9.17, 15) is 9.90 Å². The van der Waals surface area contributed by atoms with E-state index in [1.54, 1.807) is 35.6 Å². The first-order valence-corrected chi connectivity index (χ1v) is 16.8. The second-order valence-electron chi connectivity index (χ2n) is 12.8. The zero-order valence-electron chi connectivity index (χ0n) is 26.9. The molecule has 3 aliphatic heterocycles. The van der Waals surface area contributed by atoms with Crippen LogP contribution in [-0.4, -0.2) is 98.1 Å². The number of fused-ring (bicyclic) bond motifs is 3. The molecule has 1 amide bonds. The molecule has 13 nitrogen and oxygen atoms in total. The molecular weight excluding hydrogens is 608 g/mol. The molecule has 0 bridgehead atoms. The van der Waals surface area contributed by atoms with Crippen molar-refractivity contribution in [1.82, 2.24) is 29.4 Å². The van der Waals surface area contributed by atoms with Gasteiger partial charge >= 0.3 is 0 Å². The second-order valence-corrected chi connectivity index (χ2v) is 12.8. The molecule has 0 atom stereocenters. The van der Waals surface area contributed by atoms with Gasteiger partial charge in [-0.3, -0.25) is 14.6 Å². The Morgan fingerprint density at radius 1 is 1.04 bits per heavy atom. The normalized spacial score (nSPS) is 19.3. The lowest BCUT2D eigenvalue weighted by Crippen LogP contribution is -2.56. The number of ether oxygens (including phenoxy) is 1. The van der Waals surface area contributed by atoms with Crippen molar-refractivity contribution in [2.24, 2.45) is 10.7 Å². The maximum Gasteiger partial charge on any atom is 0.276 e. The van der Waals surface area contributed by atoms with E-state index in [1.165, 1.54) is 11.3 Å². The Hall–Kier alpha value is -4.85. The molecule has 48 heavy (non-hydrogen) atoms. The topological polar surface area (TPSA) is 154 Å². The standard InChI is InChI=1S/C35H40N10O3/c36-28(26-7-8-39-34(27(26)20-46)45-16-15-44-30-4-2-1-3-23(30)17-31(44)35(45)47)18-29(33-37-9-10-38-33)41-32-6-5-24(19-40-32)42-11-13-43(14-12-42)25-21-48-22-25/h5-10,17-19,25,46H,1-4,11-16,20-22,36H2,(H,37,38). The van der Waals surface area contributed by atoms with Crippen molar-refractivity contribution in [2.75, 3.05) is 55.7 Å². The lowest BCUT2D eigenvalue weighted by molar-refractivity contribution is -0.0660. The molecule has 0 aromatic carbocycles. The molecule has 0 saturated carbocycles. The number of hydrogen-bond donors (Lipinski definition) is 3. The number of nitrogens with one attached hydrogen (secondary N) is 1. The highest BCUT2D eigenvalue weighted by Gasteiger charge is 2.33. The number of aliphatic hydroxyl groups is 1. The van der Waals surface area contributed by atoms with Crippen molar-refractivity contribution in [3.63, 3.8) is 0 Å². The first-order valence-electron chi connectivity index (χ1n) is 16.8. The fourth-order valence-electron chi connectivity index (χ4n) is 7.30. The van der Waals surface area contributed by atoms with Crippen LogP contribution in [0.1, 0.15) is 51.5 Å². The molecule has 4 N–H and O–H groups in total. The van der Waals surface area contributed by atoms with Gasteiger partial charge in [-0.15, -0.1) is 0 Å². The number of anilines is 2. The molecular formula is C35H40N10O3. The summed E-state index contributed by atoms with van der Waals surface area (Å²) in [4.78, 5) is 41.9. The molecule has 4 aromatic rings. The molecule has 248 valence electrons. The first kappa shape index (κ1) is 30.5. The molecule has 0 spiro atoms. The summed E-state index contributed by atoms with van der Waals surface area (Å²) in [5.41, 5.74) is 12.9. The predicted octanol–water partition coefficient (Wildman–Crippen LogP) is 2.67. The highest BCUT2D eigenvalue weighted by Crippen LogP contribution is 2.32. The summed E-state index contributed by atoms with van der Waals surface area (Å²) < 4.78 is 7.53. The maximum atomic E-state index is 13.8. The molecule has 2 fully saturated rings. The number of carbonyl (C=O) groups excluding carboxylic acids is 1. The maximum absolute atomic E-state index is 13.8. The summed E-state index contributed by atoms with van der Waals surface area (Å²) in [6.07, 6.45) is 12.9. The van der Waals surface area contributed by atoms with Crippen LogP contribution in [0.4, 0.5) is 17.3 Å². The molecule has 13 heteroatoms. The third-order valence-corrected chi connectivity index (χ3v) is 9.99. The van der Waals surface area contributed by atoms with E-state index in [-0.39, 0.29) is 12.5 Å². The Labute approximate surface area is 278 Å². The lowest BCUT2D eigenvalue weighted by Gasteiger charge is -2.43. The Morgan fingerprint density at radius 2 is 1.90 bits per heavy atom. The summed E-state index contributed by atoms with van der Waals surface area (Å²) in [6, 6.07) is 8.29. The fraction of sp³-hybridized carbons (Fsp3) is 0.400. The van der Waals surface area contributed by atoms with Gasteiger partial charge in [0.2, 0.25) is 0 Å². The number of nitrogens with zero attached hydrogens (tertiary/aromatic N) is 8. The van der Waals surface area contributed by atoms with Gasteiger partial charge in [0.15, 0.2) is 11.6 Å². The van der Waals surface area contributed by atoms with Gasteiger partial charge in [-0.25, -0.2) is 19.9 Å². The van der Waals surface area contributed by atoms with E-state index in [1.807, 2.05) is 24.4 Å². The van der Waals surface area contributed by atoms with Crippen LogP contribution < -0.4 is 15.5 Å². The van der Waals surface area contributed by atoms with Gasteiger partial charge in [0.05, 0.1) is 37.7 Å². The lowest BCUT2D eigenvalue weighted by atomic mass is 9.98. The minimum Gasteiger partial charge on any atom is -0.398 e. The number of H-pyrrole nitrogens is 1. The highest BCUT2D eigenvalue weighted by molar-refractivity contribution is 6.11. The van der Waals surface area contributed by atoms with Crippen molar-refractivity contribution >= 4 is 34.6 Å². The van der Waals surface area contributed by atoms with E-state index in [2.05, 4.69) is 34.3 Å². The minimum absolute atomic E-state index is 0.111. The summed E-state index contributed by atoms with van der Waals surface area (Å²) in [5.74, 6) is 1.34. The Morgan fingerprint density at radius 3 is 2.62 bits per heavy atom. The molecule has 1 aliphatic carbocycles. The number of piperazine rings is 1. The van der Waals surface area contributed by atoms with E-state index in [0.29, 0.717) is 64.8 Å². The average molecular weight is 649 g/mol. The van der Waals surface area contributed by atoms with Gasteiger partial charge in [-0.05, 0) is 61.6 Å². The molecule has 8 rings (SSSR count). The SMILES string of the molecule is NC(=CC(=Nc1ccc(N2CCN(C3COC3)CC2)cn1)c1ncc[nH]1)c1ccnc(N2CCn3c(cc4c3CCCC4)C2=O)c1CO. The van der Waals surface area contributed by atoms with Crippen molar-refractivity contribution in [1.29, 1.82) is 0 Å². The number of amides is 1. The number of aromatic amines is 1. The van der Waals surface area contributed by atoms with Crippen LogP contribution in [0.15, 0.2) is 60.1 Å². The van der Waals surface area contributed by atoms with Gasteiger partial charge in [-0.2, -0.15) is 0 Å². The molecule has 2 saturated heterocycles. The second kappa shape index (κ2) is 13.0. The number of pyridine rings is 2. The largest absolute Gasteiger partial charge is 0.398 e.